The molecule has 14 heavy (non-hydrogen) atoms. The zero-order chi connectivity index (χ0) is 11.0. The molecule has 1 rings (SSSR count). The van der Waals surface area contributed by atoms with Gasteiger partial charge in [-0.05, 0) is 36.6 Å². The van der Waals surface area contributed by atoms with Crippen LogP contribution in [0.3, 0.4) is 0 Å². The molecule has 1 aromatic rings. The molecule has 0 atom stereocenters. The van der Waals surface area contributed by atoms with Gasteiger partial charge in [0.1, 0.15) is 0 Å². The lowest BCUT2D eigenvalue weighted by atomic mass is 10.2. The summed E-state index contributed by atoms with van der Waals surface area (Å²) in [4.78, 5) is 0. The van der Waals surface area contributed by atoms with Gasteiger partial charge in [0.05, 0.1) is 0 Å². The fourth-order valence-corrected chi connectivity index (χ4v) is 1.31. The van der Waals surface area contributed by atoms with Gasteiger partial charge in [-0.2, -0.15) is 11.8 Å². The summed E-state index contributed by atoms with van der Waals surface area (Å²) in [5.41, 5.74) is 13.3. The summed E-state index contributed by atoms with van der Waals surface area (Å²) in [5.74, 6) is 1.07. The standard InChI is InChI=1S/C8H11NS.C3H7N/c1-10-6-7-2-4-8(9)5-3-7;1-3(2)4/h2-5H,6,9H2,1H3;1,4H2,2H3. The molecule has 0 saturated heterocycles. The number of nitrogens with two attached hydrogens (primary N) is 2. The largest absolute Gasteiger partial charge is 0.403 e. The van der Waals surface area contributed by atoms with Gasteiger partial charge in [-0.3, -0.25) is 0 Å². The Balaban J connectivity index is 0.000000364. The van der Waals surface area contributed by atoms with E-state index in [-0.39, 0.29) is 0 Å². The van der Waals surface area contributed by atoms with Crippen molar-refractivity contribution in [2.45, 2.75) is 12.7 Å². The van der Waals surface area contributed by atoms with Gasteiger partial charge in [0.25, 0.3) is 0 Å². The van der Waals surface area contributed by atoms with Crippen LogP contribution in [0.25, 0.3) is 0 Å². The molecule has 0 heterocycles. The van der Waals surface area contributed by atoms with Gasteiger partial charge in [-0.1, -0.05) is 18.7 Å². The molecule has 0 bridgehead atoms. The number of benzene rings is 1. The van der Waals surface area contributed by atoms with Crippen LogP contribution in [0, 0.1) is 0 Å². The molecule has 0 amide bonds. The Bertz CT molecular complexity index is 263. The Morgan fingerprint density at radius 3 is 2.14 bits per heavy atom. The van der Waals surface area contributed by atoms with Gasteiger partial charge >= 0.3 is 0 Å². The number of allylic oxidation sites excluding steroid dienone is 1. The first kappa shape index (κ1) is 12.9. The van der Waals surface area contributed by atoms with Crippen molar-refractivity contribution in [3.05, 3.63) is 42.1 Å². The zero-order valence-corrected chi connectivity index (χ0v) is 9.60. The quantitative estimate of drug-likeness (QED) is 0.738. The van der Waals surface area contributed by atoms with Crippen LogP contribution in [0.2, 0.25) is 0 Å². The second-order valence-electron chi connectivity index (χ2n) is 3.02. The van der Waals surface area contributed by atoms with Crippen molar-refractivity contribution in [3.63, 3.8) is 0 Å². The number of thioether (sulfide) groups is 1. The fraction of sp³-hybridized carbons (Fsp3) is 0.273. The Morgan fingerprint density at radius 1 is 1.36 bits per heavy atom. The van der Waals surface area contributed by atoms with Crippen LogP contribution in [-0.4, -0.2) is 6.26 Å². The van der Waals surface area contributed by atoms with E-state index in [4.69, 9.17) is 11.5 Å². The second kappa shape index (κ2) is 7.33. The van der Waals surface area contributed by atoms with Crippen LogP contribution in [-0.2, 0) is 5.75 Å². The lowest BCUT2D eigenvalue weighted by Gasteiger charge is -1.97. The lowest BCUT2D eigenvalue weighted by molar-refractivity contribution is 1.34. The minimum absolute atomic E-state index is 0.667. The molecule has 4 N–H and O–H groups in total. The van der Waals surface area contributed by atoms with Crippen molar-refractivity contribution >= 4 is 17.4 Å². The molecule has 0 aromatic heterocycles. The number of hydrogen-bond acceptors (Lipinski definition) is 3. The molecule has 0 radical (unpaired) electrons. The van der Waals surface area contributed by atoms with Crippen LogP contribution in [0.5, 0.6) is 0 Å². The van der Waals surface area contributed by atoms with Crippen LogP contribution in [0.15, 0.2) is 36.5 Å². The first-order chi connectivity index (χ1) is 6.56. The highest BCUT2D eigenvalue weighted by Gasteiger charge is 1.88. The highest BCUT2D eigenvalue weighted by Crippen LogP contribution is 2.10. The van der Waals surface area contributed by atoms with Gasteiger partial charge in [0.2, 0.25) is 0 Å². The summed E-state index contributed by atoms with van der Waals surface area (Å²) < 4.78 is 0. The Kier molecular flexibility index (Phi) is 6.76. The van der Waals surface area contributed by atoms with Gasteiger partial charge in [0, 0.05) is 11.4 Å². The average Bonchev–Trinajstić information content (AvgIpc) is 2.08. The molecule has 78 valence electrons. The van der Waals surface area contributed by atoms with Crippen LogP contribution < -0.4 is 11.5 Å². The minimum Gasteiger partial charge on any atom is -0.403 e. The predicted molar refractivity (Wildman–Crippen MR) is 67.1 cm³/mol. The summed E-state index contributed by atoms with van der Waals surface area (Å²) in [6.45, 7) is 5.08. The predicted octanol–water partition coefficient (Wildman–Crippen LogP) is 2.61. The van der Waals surface area contributed by atoms with E-state index >= 15 is 0 Å². The molecular weight excluding hydrogens is 192 g/mol. The molecule has 0 fully saturated rings. The van der Waals surface area contributed by atoms with E-state index < -0.39 is 0 Å². The van der Waals surface area contributed by atoms with Gasteiger partial charge in [-0.15, -0.1) is 0 Å². The molecule has 3 heteroatoms. The van der Waals surface area contributed by atoms with Gasteiger partial charge in [0.15, 0.2) is 0 Å². The van der Waals surface area contributed by atoms with Gasteiger partial charge < -0.3 is 11.5 Å². The third-order valence-electron chi connectivity index (χ3n) is 1.29. The summed E-state index contributed by atoms with van der Waals surface area (Å²) in [7, 11) is 0. The highest BCUT2D eigenvalue weighted by molar-refractivity contribution is 7.97. The van der Waals surface area contributed by atoms with E-state index in [1.165, 1.54) is 5.56 Å². The van der Waals surface area contributed by atoms with Crippen molar-refractivity contribution in [3.8, 4) is 0 Å². The molecule has 0 unspecified atom stereocenters. The highest BCUT2D eigenvalue weighted by atomic mass is 32.2. The summed E-state index contributed by atoms with van der Waals surface area (Å²) in [6.07, 6.45) is 2.09. The molecular formula is C11H18N2S. The van der Waals surface area contributed by atoms with E-state index in [2.05, 4.69) is 25.0 Å². The van der Waals surface area contributed by atoms with E-state index in [0.717, 1.165) is 11.4 Å². The van der Waals surface area contributed by atoms with E-state index in [9.17, 15) is 0 Å². The first-order valence-electron chi connectivity index (χ1n) is 4.30. The SMILES string of the molecule is C=C(C)N.CSCc1ccc(N)cc1. The summed E-state index contributed by atoms with van der Waals surface area (Å²) in [6, 6.07) is 7.99. The number of hydrogen-bond donors (Lipinski definition) is 2. The Hall–Kier alpha value is -1.09. The van der Waals surface area contributed by atoms with Crippen molar-refractivity contribution in [2.24, 2.45) is 5.73 Å². The zero-order valence-electron chi connectivity index (χ0n) is 8.79. The molecule has 0 aliphatic rings. The smallest absolute Gasteiger partial charge is 0.0314 e. The fourth-order valence-electron chi connectivity index (χ4n) is 0.781. The summed E-state index contributed by atoms with van der Waals surface area (Å²) >= 11 is 1.82. The maximum atomic E-state index is 5.52. The topological polar surface area (TPSA) is 52.0 Å². The van der Waals surface area contributed by atoms with Crippen molar-refractivity contribution in [1.82, 2.24) is 0 Å². The average molecular weight is 210 g/mol. The Morgan fingerprint density at radius 2 is 1.79 bits per heavy atom. The van der Waals surface area contributed by atoms with Gasteiger partial charge in [-0.25, -0.2) is 0 Å². The normalized spacial score (nSPS) is 8.71. The molecule has 1 aromatic carbocycles. The maximum absolute atomic E-state index is 5.52. The second-order valence-corrected chi connectivity index (χ2v) is 3.89. The van der Waals surface area contributed by atoms with Crippen molar-refractivity contribution in [1.29, 1.82) is 0 Å². The first-order valence-corrected chi connectivity index (χ1v) is 5.70. The third kappa shape index (κ3) is 7.55. The van der Waals surface area contributed by atoms with Crippen molar-refractivity contribution < 1.29 is 0 Å². The van der Waals surface area contributed by atoms with E-state index in [1.54, 1.807) is 6.92 Å². The summed E-state index contributed by atoms with van der Waals surface area (Å²) in [5, 5.41) is 0. The van der Waals surface area contributed by atoms with Crippen LogP contribution in [0.1, 0.15) is 12.5 Å². The van der Waals surface area contributed by atoms with Crippen molar-refractivity contribution in [2.75, 3.05) is 12.0 Å². The molecule has 0 spiro atoms. The monoisotopic (exact) mass is 210 g/mol. The van der Waals surface area contributed by atoms with E-state index in [1.807, 2.05) is 23.9 Å². The Labute approximate surface area is 90.4 Å². The molecule has 0 aliphatic carbocycles. The van der Waals surface area contributed by atoms with E-state index in [0.29, 0.717) is 5.70 Å². The number of nitrogen functional groups attached to an aromatic ring is 1. The minimum atomic E-state index is 0.667. The molecule has 2 nitrogen and oxygen atoms in total. The third-order valence-corrected chi connectivity index (χ3v) is 1.91. The number of anilines is 1. The molecule has 0 aliphatic heterocycles. The number of rotatable bonds is 2. The van der Waals surface area contributed by atoms with Crippen LogP contribution in [0.4, 0.5) is 5.69 Å². The maximum Gasteiger partial charge on any atom is 0.0314 e. The lowest BCUT2D eigenvalue weighted by Crippen LogP contribution is -1.84. The van der Waals surface area contributed by atoms with Crippen LogP contribution >= 0.6 is 11.8 Å². The molecule has 0 saturated carbocycles.